The molecule has 0 aliphatic heterocycles. The van der Waals surface area contributed by atoms with Crippen molar-refractivity contribution < 1.29 is 26.0 Å². The van der Waals surface area contributed by atoms with Crippen molar-refractivity contribution in [1.82, 2.24) is 13.9 Å². The first kappa shape index (κ1) is 18.9. The van der Waals surface area contributed by atoms with E-state index in [0.717, 1.165) is 39.5 Å². The summed E-state index contributed by atoms with van der Waals surface area (Å²) in [6, 6.07) is 3.05. The summed E-state index contributed by atoms with van der Waals surface area (Å²) in [4.78, 5) is 3.58. The van der Waals surface area contributed by atoms with Crippen LogP contribution in [0.5, 0.6) is 0 Å². The second kappa shape index (κ2) is 6.81. The van der Waals surface area contributed by atoms with Gasteiger partial charge < -0.3 is 4.57 Å². The van der Waals surface area contributed by atoms with Gasteiger partial charge in [0.25, 0.3) is 0 Å². The van der Waals surface area contributed by atoms with E-state index >= 15 is 0 Å². The maximum Gasteiger partial charge on any atom is 0.406 e. The zero-order chi connectivity index (χ0) is 18.1. The van der Waals surface area contributed by atoms with E-state index in [1.165, 1.54) is 7.05 Å². The van der Waals surface area contributed by atoms with Crippen molar-refractivity contribution in [2.75, 3.05) is 7.05 Å². The lowest BCUT2D eigenvalue weighted by atomic mass is 10.3. The Hall–Kier alpha value is -1.46. The maximum absolute atomic E-state index is 13.1. The van der Waals surface area contributed by atoms with Gasteiger partial charge in [0.15, 0.2) is 0 Å². The number of nitrogens with zero attached hydrogens (tertiary/aromatic N) is 3. The van der Waals surface area contributed by atoms with Crippen LogP contribution in [-0.4, -0.2) is 35.5 Å². The van der Waals surface area contributed by atoms with Gasteiger partial charge in [0.1, 0.15) is 18.2 Å². The van der Waals surface area contributed by atoms with Crippen molar-refractivity contribution in [3.05, 3.63) is 46.7 Å². The highest BCUT2D eigenvalue weighted by Crippen LogP contribution is 2.26. The lowest BCUT2D eigenvalue weighted by Gasteiger charge is -2.19. The number of hydrogen-bond acceptors (Lipinski definition) is 3. The van der Waals surface area contributed by atoms with Crippen molar-refractivity contribution in [1.29, 1.82) is 0 Å². The number of hydrogen-bond donors (Lipinski definition) is 0. The van der Waals surface area contributed by atoms with Crippen LogP contribution >= 0.6 is 15.9 Å². The number of imidazole rings is 1. The van der Waals surface area contributed by atoms with Crippen LogP contribution in [0.4, 0.5) is 17.6 Å². The first-order valence-corrected chi connectivity index (χ1v) is 8.72. The predicted octanol–water partition coefficient (Wildman–Crippen LogP) is 3.17. The third-order valence-electron chi connectivity index (χ3n) is 3.10. The monoisotopic (exact) mass is 429 g/mol. The SMILES string of the molecule is CN(Cc1nccn1CC(F)(F)F)S(=O)(=O)c1ccc(F)cc1Br. The Kier molecular flexibility index (Phi) is 5.35. The Morgan fingerprint density at radius 3 is 2.58 bits per heavy atom. The smallest absolute Gasteiger partial charge is 0.325 e. The third kappa shape index (κ3) is 4.33. The minimum absolute atomic E-state index is 0.0213. The zero-order valence-electron chi connectivity index (χ0n) is 12.3. The first-order valence-electron chi connectivity index (χ1n) is 6.49. The van der Waals surface area contributed by atoms with E-state index in [0.29, 0.717) is 0 Å². The molecule has 132 valence electrons. The average Bonchev–Trinajstić information content (AvgIpc) is 2.83. The van der Waals surface area contributed by atoms with Gasteiger partial charge in [-0.1, -0.05) is 0 Å². The van der Waals surface area contributed by atoms with Gasteiger partial charge in [0.05, 0.1) is 11.4 Å². The number of rotatable bonds is 5. The van der Waals surface area contributed by atoms with Gasteiger partial charge in [0.2, 0.25) is 10.0 Å². The van der Waals surface area contributed by atoms with Crippen LogP contribution in [0.25, 0.3) is 0 Å². The number of halogens is 5. The summed E-state index contributed by atoms with van der Waals surface area (Å²) in [5.41, 5.74) is 0. The molecule has 0 saturated heterocycles. The molecule has 2 aromatic rings. The molecule has 0 aliphatic carbocycles. The van der Waals surface area contributed by atoms with Gasteiger partial charge in [-0.25, -0.2) is 17.8 Å². The molecule has 11 heteroatoms. The maximum atomic E-state index is 13.1. The molecule has 0 amide bonds. The molecule has 0 atom stereocenters. The predicted molar refractivity (Wildman–Crippen MR) is 81.0 cm³/mol. The highest BCUT2D eigenvalue weighted by molar-refractivity contribution is 9.10. The summed E-state index contributed by atoms with van der Waals surface area (Å²) in [7, 11) is -2.83. The zero-order valence-corrected chi connectivity index (χ0v) is 14.7. The van der Waals surface area contributed by atoms with Crippen LogP contribution in [0.2, 0.25) is 0 Å². The Morgan fingerprint density at radius 1 is 1.33 bits per heavy atom. The van der Waals surface area contributed by atoms with E-state index in [2.05, 4.69) is 20.9 Å². The van der Waals surface area contributed by atoms with Gasteiger partial charge in [-0.2, -0.15) is 17.5 Å². The van der Waals surface area contributed by atoms with E-state index in [1.54, 1.807) is 0 Å². The van der Waals surface area contributed by atoms with Crippen LogP contribution in [-0.2, 0) is 23.1 Å². The molecule has 1 heterocycles. The Labute approximate surface area is 144 Å². The van der Waals surface area contributed by atoms with Crippen molar-refractivity contribution >= 4 is 26.0 Å². The fourth-order valence-electron chi connectivity index (χ4n) is 1.97. The first-order chi connectivity index (χ1) is 11.0. The van der Waals surface area contributed by atoms with Gasteiger partial charge in [-0.3, -0.25) is 0 Å². The van der Waals surface area contributed by atoms with Crippen molar-refractivity contribution in [2.24, 2.45) is 0 Å². The molecule has 0 unspecified atom stereocenters. The number of sulfonamides is 1. The van der Waals surface area contributed by atoms with Gasteiger partial charge in [-0.05, 0) is 34.1 Å². The average molecular weight is 430 g/mol. The van der Waals surface area contributed by atoms with E-state index in [4.69, 9.17) is 0 Å². The Bertz CT molecular complexity index is 836. The molecule has 1 aromatic heterocycles. The van der Waals surface area contributed by atoms with Crippen molar-refractivity contribution in [3.8, 4) is 0 Å². The molecule has 2 rings (SSSR count). The minimum atomic E-state index is -4.45. The quantitative estimate of drug-likeness (QED) is 0.685. The second-order valence-electron chi connectivity index (χ2n) is 4.92. The summed E-state index contributed by atoms with van der Waals surface area (Å²) < 4.78 is 77.3. The molecular formula is C13H12BrF4N3O2S. The van der Waals surface area contributed by atoms with Crippen LogP contribution < -0.4 is 0 Å². The second-order valence-corrected chi connectivity index (χ2v) is 7.79. The number of alkyl halides is 3. The molecule has 0 bridgehead atoms. The molecule has 0 radical (unpaired) electrons. The lowest BCUT2D eigenvalue weighted by molar-refractivity contribution is -0.141. The molecular weight excluding hydrogens is 418 g/mol. The molecule has 24 heavy (non-hydrogen) atoms. The highest BCUT2D eigenvalue weighted by atomic mass is 79.9. The van der Waals surface area contributed by atoms with E-state index < -0.39 is 28.6 Å². The molecule has 0 N–H and O–H groups in total. The molecule has 0 aliphatic rings. The van der Waals surface area contributed by atoms with Gasteiger partial charge in [-0.15, -0.1) is 0 Å². The largest absolute Gasteiger partial charge is 0.406 e. The summed E-state index contributed by atoms with van der Waals surface area (Å²) in [5.74, 6) is -0.680. The standard InChI is InChI=1S/C13H12BrF4N3O2S/c1-20(7-12-19-4-5-21(12)8-13(16,17)18)24(22,23)11-3-2-9(15)6-10(11)14/h2-6H,7-8H2,1H3. The normalized spacial score (nSPS) is 12.8. The summed E-state index contributed by atoms with van der Waals surface area (Å²) in [5, 5.41) is 0. The third-order valence-corrected chi connectivity index (χ3v) is 5.88. The van der Waals surface area contributed by atoms with Crippen LogP contribution in [0.15, 0.2) is 40.0 Å². The summed E-state index contributed by atoms with van der Waals surface area (Å²) in [6.45, 7) is -1.63. The van der Waals surface area contributed by atoms with E-state index in [1.807, 2.05) is 0 Å². The highest BCUT2D eigenvalue weighted by Gasteiger charge is 2.30. The van der Waals surface area contributed by atoms with Crippen LogP contribution in [0.3, 0.4) is 0 Å². The van der Waals surface area contributed by atoms with Crippen molar-refractivity contribution in [2.45, 2.75) is 24.2 Å². The van der Waals surface area contributed by atoms with Crippen LogP contribution in [0, 0.1) is 5.82 Å². The molecule has 1 aromatic carbocycles. The number of aromatic nitrogens is 2. The molecule has 0 fully saturated rings. The summed E-state index contributed by atoms with van der Waals surface area (Å²) >= 11 is 2.97. The topological polar surface area (TPSA) is 55.2 Å². The van der Waals surface area contributed by atoms with Gasteiger partial charge in [0, 0.05) is 23.9 Å². The fourth-order valence-corrected chi connectivity index (χ4v) is 4.10. The Morgan fingerprint density at radius 2 is 2.00 bits per heavy atom. The number of benzene rings is 1. The summed E-state index contributed by atoms with van der Waals surface area (Å²) in [6.07, 6.45) is -2.17. The van der Waals surface area contributed by atoms with E-state index in [-0.39, 0.29) is 21.7 Å². The van der Waals surface area contributed by atoms with E-state index in [9.17, 15) is 26.0 Å². The molecule has 0 saturated carbocycles. The van der Waals surface area contributed by atoms with Crippen LogP contribution in [0.1, 0.15) is 5.82 Å². The van der Waals surface area contributed by atoms with Crippen molar-refractivity contribution in [3.63, 3.8) is 0 Å². The lowest BCUT2D eigenvalue weighted by Crippen LogP contribution is -2.29. The fraction of sp³-hybridized carbons (Fsp3) is 0.308. The molecule has 5 nitrogen and oxygen atoms in total. The minimum Gasteiger partial charge on any atom is -0.325 e. The molecule has 0 spiro atoms. The Balaban J connectivity index is 2.26. The van der Waals surface area contributed by atoms with Gasteiger partial charge >= 0.3 is 6.18 Å².